The zero-order chi connectivity index (χ0) is 14.0. The molecule has 1 fully saturated rings. The number of ether oxygens (including phenoxy) is 1. The second-order valence-corrected chi connectivity index (χ2v) is 6.72. The lowest BCUT2D eigenvalue weighted by atomic mass is 9.78. The largest absolute Gasteiger partial charge is 0.390 e. The van der Waals surface area contributed by atoms with Gasteiger partial charge in [-0.25, -0.2) is 0 Å². The lowest BCUT2D eigenvalue weighted by Crippen LogP contribution is -2.46. The molecule has 20 heavy (non-hydrogen) atoms. The lowest BCUT2D eigenvalue weighted by Gasteiger charge is -2.40. The fourth-order valence-electron chi connectivity index (χ4n) is 3.41. The average molecular weight is 290 g/mol. The number of thiophene rings is 1. The van der Waals surface area contributed by atoms with Gasteiger partial charge in [-0.2, -0.15) is 0 Å². The molecule has 1 atom stereocenters. The van der Waals surface area contributed by atoms with Crippen LogP contribution in [0.1, 0.15) is 37.7 Å². The molecule has 0 bridgehead atoms. The first-order valence-corrected chi connectivity index (χ1v) is 8.31. The van der Waals surface area contributed by atoms with Crippen molar-refractivity contribution >= 4 is 21.4 Å². The van der Waals surface area contributed by atoms with Gasteiger partial charge in [-0.1, -0.05) is 37.5 Å². The van der Waals surface area contributed by atoms with Crippen molar-refractivity contribution in [1.29, 1.82) is 0 Å². The zero-order valence-corrected chi connectivity index (χ0v) is 12.8. The van der Waals surface area contributed by atoms with Crippen molar-refractivity contribution in [2.75, 3.05) is 7.11 Å². The smallest absolute Gasteiger partial charge is 0.0939 e. The molecule has 1 aliphatic carbocycles. The Morgan fingerprint density at radius 3 is 2.75 bits per heavy atom. The molecule has 1 N–H and O–H groups in total. The molecule has 3 heteroatoms. The van der Waals surface area contributed by atoms with Crippen LogP contribution in [0.15, 0.2) is 29.6 Å². The highest BCUT2D eigenvalue weighted by Gasteiger charge is 2.39. The molecule has 1 aliphatic rings. The van der Waals surface area contributed by atoms with Crippen molar-refractivity contribution in [2.45, 2.75) is 50.2 Å². The van der Waals surface area contributed by atoms with Gasteiger partial charge in [0.05, 0.1) is 11.7 Å². The number of aliphatic hydroxyl groups is 1. The monoisotopic (exact) mass is 290 g/mol. The van der Waals surface area contributed by atoms with Crippen LogP contribution in [0.5, 0.6) is 0 Å². The van der Waals surface area contributed by atoms with Crippen molar-refractivity contribution in [3.05, 3.63) is 35.2 Å². The Kier molecular flexibility index (Phi) is 4.11. The van der Waals surface area contributed by atoms with Crippen LogP contribution < -0.4 is 0 Å². The molecule has 0 amide bonds. The van der Waals surface area contributed by atoms with Crippen LogP contribution in [0.3, 0.4) is 0 Å². The van der Waals surface area contributed by atoms with Crippen molar-refractivity contribution in [2.24, 2.45) is 0 Å². The fourth-order valence-corrected chi connectivity index (χ4v) is 4.38. The van der Waals surface area contributed by atoms with Crippen molar-refractivity contribution in [3.8, 4) is 0 Å². The van der Waals surface area contributed by atoms with Gasteiger partial charge in [0.15, 0.2) is 0 Å². The summed E-state index contributed by atoms with van der Waals surface area (Å²) in [5.74, 6) is 0. The van der Waals surface area contributed by atoms with Crippen LogP contribution in [0.25, 0.3) is 10.1 Å². The molecule has 0 spiro atoms. The van der Waals surface area contributed by atoms with E-state index in [2.05, 4.69) is 29.6 Å². The van der Waals surface area contributed by atoms with Gasteiger partial charge in [0.2, 0.25) is 0 Å². The van der Waals surface area contributed by atoms with E-state index in [9.17, 15) is 5.11 Å². The van der Waals surface area contributed by atoms with E-state index in [1.807, 2.05) is 0 Å². The first-order chi connectivity index (χ1) is 9.75. The molecular formula is C17H22O2S. The predicted molar refractivity (Wildman–Crippen MR) is 84.4 cm³/mol. The molecular weight excluding hydrogens is 268 g/mol. The first-order valence-electron chi connectivity index (χ1n) is 7.43. The molecule has 1 unspecified atom stereocenters. The Balaban J connectivity index is 1.82. The minimum atomic E-state index is -0.411. The van der Waals surface area contributed by atoms with Crippen LogP contribution in [-0.2, 0) is 11.2 Å². The number of benzene rings is 1. The van der Waals surface area contributed by atoms with E-state index in [-0.39, 0.29) is 5.60 Å². The van der Waals surface area contributed by atoms with Gasteiger partial charge >= 0.3 is 0 Å². The summed E-state index contributed by atoms with van der Waals surface area (Å²) < 4.78 is 7.05. The number of fused-ring (bicyclic) bond motifs is 1. The molecule has 0 saturated heterocycles. The van der Waals surface area contributed by atoms with E-state index in [1.165, 1.54) is 22.1 Å². The standard InChI is InChI=1S/C17H22O2S/c1-19-17(9-5-2-6-10-17)16(18)11-13-12-20-15-8-4-3-7-14(13)15/h3-4,7-8,12,16,18H,2,5-6,9-11H2,1H3. The third-order valence-electron chi connectivity index (χ3n) is 4.69. The van der Waals surface area contributed by atoms with Gasteiger partial charge in [0, 0.05) is 18.2 Å². The maximum Gasteiger partial charge on any atom is 0.0939 e. The first kappa shape index (κ1) is 14.1. The summed E-state index contributed by atoms with van der Waals surface area (Å²) in [5, 5.41) is 14.2. The van der Waals surface area contributed by atoms with Crippen molar-refractivity contribution in [3.63, 3.8) is 0 Å². The lowest BCUT2D eigenvalue weighted by molar-refractivity contribution is -0.122. The molecule has 3 rings (SSSR count). The molecule has 0 aliphatic heterocycles. The van der Waals surface area contributed by atoms with Gasteiger partial charge in [-0.3, -0.25) is 0 Å². The maximum atomic E-state index is 10.7. The topological polar surface area (TPSA) is 29.5 Å². The van der Waals surface area contributed by atoms with Crippen LogP contribution >= 0.6 is 11.3 Å². The van der Waals surface area contributed by atoms with Gasteiger partial charge < -0.3 is 9.84 Å². The van der Waals surface area contributed by atoms with Crippen LogP contribution in [0.4, 0.5) is 0 Å². The summed E-state index contributed by atoms with van der Waals surface area (Å²) in [5.41, 5.74) is 0.918. The number of methoxy groups -OCH3 is 1. The Labute approximate surface area is 124 Å². The van der Waals surface area contributed by atoms with Gasteiger partial charge in [-0.05, 0) is 35.2 Å². The Morgan fingerprint density at radius 2 is 2.00 bits per heavy atom. The quantitative estimate of drug-likeness (QED) is 0.916. The number of rotatable bonds is 4. The summed E-state index contributed by atoms with van der Waals surface area (Å²) in [6.45, 7) is 0. The summed E-state index contributed by atoms with van der Waals surface area (Å²) in [4.78, 5) is 0. The number of hydrogen-bond donors (Lipinski definition) is 1. The zero-order valence-electron chi connectivity index (χ0n) is 12.0. The van der Waals surface area contributed by atoms with E-state index < -0.39 is 6.10 Å². The van der Waals surface area contributed by atoms with Crippen LogP contribution in [0, 0.1) is 0 Å². The Morgan fingerprint density at radius 1 is 1.25 bits per heavy atom. The van der Waals surface area contributed by atoms with Gasteiger partial charge in [0.1, 0.15) is 0 Å². The average Bonchev–Trinajstić information content (AvgIpc) is 2.91. The molecule has 1 aromatic heterocycles. The molecule has 1 heterocycles. The summed E-state index contributed by atoms with van der Waals surface area (Å²) in [6.07, 6.45) is 5.83. The number of hydrogen-bond acceptors (Lipinski definition) is 3. The van der Waals surface area contributed by atoms with Crippen LogP contribution in [-0.4, -0.2) is 23.9 Å². The maximum absolute atomic E-state index is 10.7. The second kappa shape index (κ2) is 5.84. The van der Waals surface area contributed by atoms with E-state index in [0.29, 0.717) is 6.42 Å². The molecule has 108 valence electrons. The molecule has 2 nitrogen and oxygen atoms in total. The van der Waals surface area contributed by atoms with Crippen molar-refractivity contribution < 1.29 is 9.84 Å². The Hall–Kier alpha value is -0.900. The molecule has 1 aromatic carbocycles. The van der Waals surface area contributed by atoms with Crippen LogP contribution in [0.2, 0.25) is 0 Å². The highest BCUT2D eigenvalue weighted by Crippen LogP contribution is 2.36. The minimum Gasteiger partial charge on any atom is -0.390 e. The highest BCUT2D eigenvalue weighted by molar-refractivity contribution is 7.17. The van der Waals surface area contributed by atoms with E-state index in [1.54, 1.807) is 18.4 Å². The van der Waals surface area contributed by atoms with E-state index >= 15 is 0 Å². The van der Waals surface area contributed by atoms with E-state index in [0.717, 1.165) is 25.7 Å². The fraction of sp³-hybridized carbons (Fsp3) is 0.529. The Bertz CT molecular complexity index is 569. The highest BCUT2D eigenvalue weighted by atomic mass is 32.1. The van der Waals surface area contributed by atoms with Gasteiger partial charge in [-0.15, -0.1) is 11.3 Å². The summed E-state index contributed by atoms with van der Waals surface area (Å²) in [6, 6.07) is 8.42. The third-order valence-corrected chi connectivity index (χ3v) is 5.70. The molecule has 2 aromatic rings. The SMILES string of the molecule is COC1(C(O)Cc2csc3ccccc23)CCCCC1. The van der Waals surface area contributed by atoms with E-state index in [4.69, 9.17) is 4.74 Å². The third kappa shape index (κ3) is 2.50. The van der Waals surface area contributed by atoms with Gasteiger partial charge in [0.25, 0.3) is 0 Å². The number of aliphatic hydroxyl groups excluding tert-OH is 1. The summed E-state index contributed by atoms with van der Waals surface area (Å²) in [7, 11) is 1.75. The molecule has 0 radical (unpaired) electrons. The second-order valence-electron chi connectivity index (χ2n) is 5.81. The van der Waals surface area contributed by atoms with Crippen molar-refractivity contribution in [1.82, 2.24) is 0 Å². The minimum absolute atomic E-state index is 0.332. The molecule has 1 saturated carbocycles. The summed E-state index contributed by atoms with van der Waals surface area (Å²) >= 11 is 1.76. The normalized spacial score (nSPS) is 20.1. The predicted octanol–water partition coefficient (Wildman–Crippen LogP) is 4.15.